The summed E-state index contributed by atoms with van der Waals surface area (Å²) in [5, 5.41) is 0.717. The number of aromatic nitrogens is 2. The fourth-order valence-electron chi connectivity index (χ4n) is 3.38. The molecule has 5 heteroatoms. The zero-order chi connectivity index (χ0) is 21.3. The third-order valence-corrected chi connectivity index (χ3v) is 6.54. The highest BCUT2D eigenvalue weighted by atomic mass is 32.1. The Morgan fingerprint density at radius 1 is 0.933 bits per heavy atom. The number of hydrogen-bond acceptors (Lipinski definition) is 4. The molecule has 1 amide bonds. The van der Waals surface area contributed by atoms with Gasteiger partial charge in [0, 0.05) is 6.20 Å². The summed E-state index contributed by atoms with van der Waals surface area (Å²) >= 11 is 1.56. The number of amides is 1. The van der Waals surface area contributed by atoms with Crippen molar-refractivity contribution in [2.75, 3.05) is 4.90 Å². The Morgan fingerprint density at radius 3 is 2.43 bits per heavy atom. The van der Waals surface area contributed by atoms with E-state index in [1.165, 1.54) is 22.3 Å². The van der Waals surface area contributed by atoms with Gasteiger partial charge in [-0.15, -0.1) is 0 Å². The van der Waals surface area contributed by atoms with Crippen molar-refractivity contribution >= 4 is 32.6 Å². The van der Waals surface area contributed by atoms with E-state index in [0.717, 1.165) is 26.6 Å². The molecule has 152 valence electrons. The van der Waals surface area contributed by atoms with Crippen molar-refractivity contribution in [3.8, 4) is 0 Å². The van der Waals surface area contributed by atoms with E-state index in [4.69, 9.17) is 4.98 Å². The largest absolute Gasteiger partial charge is 0.282 e. The van der Waals surface area contributed by atoms with Gasteiger partial charge in [-0.3, -0.25) is 14.7 Å². The monoisotopic (exact) mass is 415 g/mol. The molecule has 0 saturated carbocycles. The molecule has 0 spiro atoms. The highest BCUT2D eigenvalue weighted by Gasteiger charge is 2.21. The first-order chi connectivity index (χ1) is 14.4. The number of fused-ring (bicyclic) bond motifs is 1. The molecule has 2 aromatic heterocycles. The molecule has 0 N–H and O–H groups in total. The lowest BCUT2D eigenvalue weighted by Crippen LogP contribution is -2.32. The maximum absolute atomic E-state index is 13.4. The van der Waals surface area contributed by atoms with Gasteiger partial charge in [0.2, 0.25) is 5.91 Å². The summed E-state index contributed by atoms with van der Waals surface area (Å²) in [7, 11) is 0. The average molecular weight is 416 g/mol. The van der Waals surface area contributed by atoms with Crippen LogP contribution in [0.25, 0.3) is 10.2 Å². The van der Waals surface area contributed by atoms with Crippen LogP contribution in [-0.4, -0.2) is 15.9 Å². The van der Waals surface area contributed by atoms with Crippen LogP contribution in [0.1, 0.15) is 33.5 Å². The van der Waals surface area contributed by atoms with Crippen LogP contribution in [-0.2, 0) is 17.8 Å². The Bertz CT molecular complexity index is 1180. The van der Waals surface area contributed by atoms with Crippen molar-refractivity contribution in [2.24, 2.45) is 0 Å². The maximum Gasteiger partial charge on any atom is 0.233 e. The van der Waals surface area contributed by atoms with Crippen LogP contribution in [0.15, 0.2) is 54.7 Å². The molecule has 0 saturated heterocycles. The fourth-order valence-corrected chi connectivity index (χ4v) is 4.44. The van der Waals surface area contributed by atoms with Gasteiger partial charge in [0.15, 0.2) is 5.13 Å². The summed E-state index contributed by atoms with van der Waals surface area (Å²) in [6, 6.07) is 16.2. The Kier molecular flexibility index (Phi) is 5.64. The zero-order valence-corrected chi connectivity index (χ0v) is 18.6. The average Bonchev–Trinajstić information content (AvgIpc) is 3.12. The number of carbonyl (C=O) groups excluding carboxylic acids is 1. The molecule has 30 heavy (non-hydrogen) atoms. The van der Waals surface area contributed by atoms with Crippen LogP contribution in [0.5, 0.6) is 0 Å². The van der Waals surface area contributed by atoms with Gasteiger partial charge in [-0.05, 0) is 79.8 Å². The zero-order valence-electron chi connectivity index (χ0n) is 17.8. The second kappa shape index (κ2) is 8.36. The van der Waals surface area contributed by atoms with E-state index >= 15 is 0 Å². The molecule has 0 unspecified atom stereocenters. The molecule has 0 aliphatic rings. The first-order valence-corrected chi connectivity index (χ1v) is 10.9. The van der Waals surface area contributed by atoms with Crippen LogP contribution in [0.4, 0.5) is 5.13 Å². The van der Waals surface area contributed by atoms with E-state index in [2.05, 4.69) is 56.9 Å². The van der Waals surface area contributed by atoms with Gasteiger partial charge in [-0.2, -0.15) is 0 Å². The number of aryl methyl sites for hydroxylation is 4. The Balaban J connectivity index is 1.70. The summed E-state index contributed by atoms with van der Waals surface area (Å²) in [5.41, 5.74) is 7.66. The van der Waals surface area contributed by atoms with Gasteiger partial charge in [0.1, 0.15) is 0 Å². The van der Waals surface area contributed by atoms with Gasteiger partial charge in [0.25, 0.3) is 0 Å². The number of pyridine rings is 1. The van der Waals surface area contributed by atoms with Crippen LogP contribution < -0.4 is 4.90 Å². The maximum atomic E-state index is 13.4. The van der Waals surface area contributed by atoms with E-state index < -0.39 is 0 Å². The fraction of sp³-hybridized carbons (Fsp3) is 0.240. The molecule has 0 atom stereocenters. The minimum atomic E-state index is 0.0245. The van der Waals surface area contributed by atoms with Crippen molar-refractivity contribution < 1.29 is 4.79 Å². The number of nitrogens with zero attached hydrogens (tertiary/aromatic N) is 3. The molecule has 4 nitrogen and oxygen atoms in total. The van der Waals surface area contributed by atoms with Crippen molar-refractivity contribution in [1.82, 2.24) is 9.97 Å². The smallest absolute Gasteiger partial charge is 0.233 e. The van der Waals surface area contributed by atoms with Crippen molar-refractivity contribution in [3.63, 3.8) is 0 Å². The van der Waals surface area contributed by atoms with Crippen LogP contribution in [0.3, 0.4) is 0 Å². The van der Waals surface area contributed by atoms with Crippen LogP contribution >= 0.6 is 11.3 Å². The molecule has 4 rings (SSSR count). The van der Waals surface area contributed by atoms with Gasteiger partial charge >= 0.3 is 0 Å². The molecule has 0 bridgehead atoms. The van der Waals surface area contributed by atoms with E-state index in [1.807, 2.05) is 24.3 Å². The minimum Gasteiger partial charge on any atom is -0.282 e. The summed E-state index contributed by atoms with van der Waals surface area (Å²) in [6.45, 7) is 8.75. The number of benzene rings is 2. The van der Waals surface area contributed by atoms with Crippen LogP contribution in [0, 0.1) is 27.7 Å². The lowest BCUT2D eigenvalue weighted by molar-refractivity contribution is -0.118. The summed E-state index contributed by atoms with van der Waals surface area (Å²) in [6.07, 6.45) is 2.09. The first kappa shape index (κ1) is 20.2. The normalized spacial score (nSPS) is 11.1. The molecule has 2 aromatic carbocycles. The molecular formula is C25H25N3OS. The Hall–Kier alpha value is -3.05. The minimum absolute atomic E-state index is 0.0245. The van der Waals surface area contributed by atoms with Gasteiger partial charge in [0.05, 0.1) is 28.9 Å². The van der Waals surface area contributed by atoms with E-state index in [9.17, 15) is 4.79 Å². The summed E-state index contributed by atoms with van der Waals surface area (Å²) in [5.74, 6) is 0.0245. The molecule has 0 aliphatic carbocycles. The van der Waals surface area contributed by atoms with Gasteiger partial charge < -0.3 is 0 Å². The predicted molar refractivity (Wildman–Crippen MR) is 124 cm³/mol. The second-order valence-corrected chi connectivity index (χ2v) is 8.81. The highest BCUT2D eigenvalue weighted by Crippen LogP contribution is 2.32. The van der Waals surface area contributed by atoms with E-state index in [1.54, 1.807) is 22.4 Å². The van der Waals surface area contributed by atoms with Crippen molar-refractivity contribution in [3.05, 3.63) is 88.2 Å². The quantitative estimate of drug-likeness (QED) is 0.420. The number of hydrogen-bond donors (Lipinski definition) is 0. The molecule has 2 heterocycles. The highest BCUT2D eigenvalue weighted by molar-refractivity contribution is 7.22. The van der Waals surface area contributed by atoms with Gasteiger partial charge in [-0.1, -0.05) is 35.6 Å². The van der Waals surface area contributed by atoms with Gasteiger partial charge in [-0.25, -0.2) is 4.98 Å². The second-order valence-electron chi connectivity index (χ2n) is 7.80. The predicted octanol–water partition coefficient (Wildman–Crippen LogP) is 5.70. The standard InChI is InChI=1S/C25H25N3OS/c1-16-8-9-20(11-17(16)2)14-24(29)28(15-21-7-5-6-10-26-21)25-27-22-12-18(3)19(4)13-23(22)30-25/h5-13H,14-15H2,1-4H3. The molecule has 0 radical (unpaired) electrons. The Labute approximate surface area is 181 Å². The van der Waals surface area contributed by atoms with Crippen LogP contribution in [0.2, 0.25) is 0 Å². The molecule has 0 fully saturated rings. The topological polar surface area (TPSA) is 46.1 Å². The number of anilines is 1. The molecule has 0 aliphatic heterocycles. The first-order valence-electron chi connectivity index (χ1n) is 10.0. The van der Waals surface area contributed by atoms with E-state index in [0.29, 0.717) is 13.0 Å². The molecule has 4 aromatic rings. The lowest BCUT2D eigenvalue weighted by atomic mass is 10.0. The molecular weight excluding hydrogens is 390 g/mol. The summed E-state index contributed by atoms with van der Waals surface area (Å²) in [4.78, 5) is 24.4. The third-order valence-electron chi connectivity index (χ3n) is 5.50. The SMILES string of the molecule is Cc1ccc(CC(=O)N(Cc2ccccn2)c2nc3cc(C)c(C)cc3s2)cc1C. The van der Waals surface area contributed by atoms with Crippen molar-refractivity contribution in [2.45, 2.75) is 40.7 Å². The third kappa shape index (κ3) is 4.26. The lowest BCUT2D eigenvalue weighted by Gasteiger charge is -2.20. The number of thiazole rings is 1. The summed E-state index contributed by atoms with van der Waals surface area (Å²) < 4.78 is 1.10. The van der Waals surface area contributed by atoms with E-state index in [-0.39, 0.29) is 5.91 Å². The number of carbonyl (C=O) groups is 1. The number of rotatable bonds is 5. The Morgan fingerprint density at radius 2 is 1.70 bits per heavy atom. The van der Waals surface area contributed by atoms with Crippen molar-refractivity contribution in [1.29, 1.82) is 0 Å².